The molecule has 0 saturated carbocycles. The number of ether oxygens (including phenoxy) is 3. The van der Waals surface area contributed by atoms with E-state index < -0.39 is 23.3 Å². The molecule has 0 fully saturated rings. The lowest BCUT2D eigenvalue weighted by Crippen LogP contribution is -2.35. The zero-order valence-corrected chi connectivity index (χ0v) is 18.7. The number of nitrogens with zero attached hydrogens (tertiary/aromatic N) is 1. The van der Waals surface area contributed by atoms with Gasteiger partial charge in [-0.25, -0.2) is 9.59 Å². The Balaban J connectivity index is 1.44. The maximum Gasteiger partial charge on any atom is 0.338 e. The average Bonchev–Trinajstić information content (AvgIpc) is 3.42. The van der Waals surface area contributed by atoms with Gasteiger partial charge in [0.15, 0.2) is 11.9 Å². The van der Waals surface area contributed by atoms with Crippen molar-refractivity contribution < 1.29 is 19.0 Å². The summed E-state index contributed by atoms with van der Waals surface area (Å²) in [5.41, 5.74) is 1.29. The number of hydrogen-bond donors (Lipinski definition) is 1. The van der Waals surface area contributed by atoms with Gasteiger partial charge in [0.05, 0.1) is 23.0 Å². The first kappa shape index (κ1) is 22.2. The highest BCUT2D eigenvalue weighted by Gasteiger charge is 2.25. The number of esters is 1. The Morgan fingerprint density at radius 1 is 0.971 bits per heavy atom. The molecule has 3 aromatic carbocycles. The second-order valence-electron chi connectivity index (χ2n) is 8.10. The number of carbonyl (C=O) groups excluding carboxylic acids is 1. The zero-order valence-electron chi connectivity index (χ0n) is 18.7. The number of nitrogens with one attached hydrogen (secondary N) is 1. The van der Waals surface area contributed by atoms with E-state index in [-0.39, 0.29) is 24.3 Å². The van der Waals surface area contributed by atoms with Crippen LogP contribution >= 0.6 is 0 Å². The summed E-state index contributed by atoms with van der Waals surface area (Å²) in [5, 5.41) is 0.217. The van der Waals surface area contributed by atoms with Crippen molar-refractivity contribution in [2.45, 2.75) is 19.1 Å². The van der Waals surface area contributed by atoms with Crippen LogP contribution in [0.5, 0.6) is 0 Å². The molecule has 0 radical (unpaired) electrons. The Morgan fingerprint density at radius 2 is 1.69 bits per heavy atom. The maximum absolute atomic E-state index is 13.1. The lowest BCUT2D eigenvalue weighted by atomic mass is 10.1. The third-order valence-electron chi connectivity index (χ3n) is 5.72. The molecule has 0 saturated heterocycles. The van der Waals surface area contributed by atoms with Crippen LogP contribution in [0.2, 0.25) is 0 Å². The van der Waals surface area contributed by atoms with Crippen molar-refractivity contribution in [1.82, 2.24) is 9.55 Å². The van der Waals surface area contributed by atoms with E-state index in [1.54, 1.807) is 0 Å². The molecule has 1 aliphatic heterocycles. The Bertz CT molecular complexity index is 1510. The van der Waals surface area contributed by atoms with Gasteiger partial charge in [-0.3, -0.25) is 9.36 Å². The van der Waals surface area contributed by atoms with Crippen LogP contribution in [0.3, 0.4) is 0 Å². The molecule has 1 atom stereocenters. The van der Waals surface area contributed by atoms with Gasteiger partial charge in [0.1, 0.15) is 6.26 Å². The van der Waals surface area contributed by atoms with Gasteiger partial charge in [0, 0.05) is 6.42 Å². The van der Waals surface area contributed by atoms with Gasteiger partial charge in [-0.2, -0.15) is 0 Å². The van der Waals surface area contributed by atoms with Gasteiger partial charge in [0.25, 0.3) is 5.56 Å². The number of hydrogen-bond acceptors (Lipinski definition) is 6. The minimum absolute atomic E-state index is 0.0580. The topological polar surface area (TPSA) is 99.6 Å². The average molecular weight is 470 g/mol. The number of H-pyrrole nitrogens is 1. The predicted molar refractivity (Wildman–Crippen MR) is 129 cm³/mol. The Kier molecular flexibility index (Phi) is 6.17. The molecule has 8 nitrogen and oxygen atoms in total. The van der Waals surface area contributed by atoms with Gasteiger partial charge in [-0.15, -0.1) is 0 Å². The zero-order chi connectivity index (χ0) is 24.2. The molecule has 35 heavy (non-hydrogen) atoms. The first-order valence-corrected chi connectivity index (χ1v) is 11.1. The molecule has 4 aromatic rings. The van der Waals surface area contributed by atoms with E-state index in [4.69, 9.17) is 14.2 Å². The van der Waals surface area contributed by atoms with Crippen LogP contribution in [0, 0.1) is 0 Å². The maximum atomic E-state index is 13.1. The first-order valence-electron chi connectivity index (χ1n) is 11.1. The Morgan fingerprint density at radius 3 is 2.37 bits per heavy atom. The summed E-state index contributed by atoms with van der Waals surface area (Å²) in [6, 6.07) is 23.3. The van der Waals surface area contributed by atoms with E-state index in [9.17, 15) is 14.4 Å². The lowest BCUT2D eigenvalue weighted by Gasteiger charge is -2.18. The number of fused-ring (bicyclic) bond motifs is 1. The second kappa shape index (κ2) is 9.72. The van der Waals surface area contributed by atoms with E-state index >= 15 is 0 Å². The molecule has 1 unspecified atom stereocenters. The summed E-state index contributed by atoms with van der Waals surface area (Å²) in [7, 11) is 0. The fourth-order valence-corrected chi connectivity index (χ4v) is 3.93. The second-order valence-corrected chi connectivity index (χ2v) is 8.10. The van der Waals surface area contributed by atoms with Crippen LogP contribution in [0.4, 0.5) is 0 Å². The van der Waals surface area contributed by atoms with Gasteiger partial charge in [0.2, 0.25) is 6.79 Å². The van der Waals surface area contributed by atoms with E-state index in [2.05, 4.69) is 4.98 Å². The summed E-state index contributed by atoms with van der Waals surface area (Å²) >= 11 is 0. The van der Waals surface area contributed by atoms with Crippen LogP contribution in [-0.2, 0) is 27.2 Å². The molecule has 0 spiro atoms. The van der Waals surface area contributed by atoms with Crippen molar-refractivity contribution in [3.8, 4) is 0 Å². The van der Waals surface area contributed by atoms with Crippen LogP contribution in [0.15, 0.2) is 100 Å². The molecule has 0 bridgehead atoms. The molecule has 2 heterocycles. The molecule has 1 aromatic heterocycles. The molecule has 0 aliphatic carbocycles. The van der Waals surface area contributed by atoms with Crippen LogP contribution in [-0.4, -0.2) is 28.4 Å². The minimum atomic E-state index is -0.701. The van der Waals surface area contributed by atoms with Crippen molar-refractivity contribution >= 4 is 16.9 Å². The normalized spacial score (nSPS) is 13.5. The smallest absolute Gasteiger partial charge is 0.338 e. The molecule has 1 N–H and O–H groups in total. The van der Waals surface area contributed by atoms with Crippen molar-refractivity contribution in [1.29, 1.82) is 0 Å². The Hall–Kier alpha value is -4.59. The summed E-state index contributed by atoms with van der Waals surface area (Å²) in [5.74, 6) is -0.207. The highest BCUT2D eigenvalue weighted by molar-refractivity contribution is 5.94. The van der Waals surface area contributed by atoms with E-state index in [1.807, 2.05) is 60.7 Å². The van der Waals surface area contributed by atoms with Gasteiger partial charge in [-0.05, 0) is 29.3 Å². The predicted octanol–water partition coefficient (Wildman–Crippen LogP) is 3.35. The molecule has 8 heteroatoms. The fourth-order valence-electron chi connectivity index (χ4n) is 3.93. The number of benzene rings is 3. The van der Waals surface area contributed by atoms with Gasteiger partial charge < -0.3 is 19.2 Å². The Labute approximate surface area is 200 Å². The third-order valence-corrected chi connectivity index (χ3v) is 5.72. The fraction of sp³-hybridized carbons (Fsp3) is 0.148. The monoisotopic (exact) mass is 470 g/mol. The molecule has 176 valence electrons. The molecular weight excluding hydrogens is 448 g/mol. The largest absolute Gasteiger partial charge is 0.461 e. The quantitative estimate of drug-likeness (QED) is 0.416. The first-order chi connectivity index (χ1) is 17.1. The molecular formula is C27H22N2O6. The van der Waals surface area contributed by atoms with E-state index in [0.29, 0.717) is 17.7 Å². The van der Waals surface area contributed by atoms with Crippen LogP contribution < -0.4 is 11.2 Å². The number of rotatable bonds is 7. The summed E-state index contributed by atoms with van der Waals surface area (Å²) in [4.78, 5) is 41.5. The SMILES string of the molecule is O=C(OC(Cc1ccccc1)C1=COCO1)c1ccc2[nH]c(=O)n(Cc3ccccc3)c(=O)c2c1. The number of carbonyl (C=O) groups is 1. The molecule has 5 rings (SSSR count). The highest BCUT2D eigenvalue weighted by Crippen LogP contribution is 2.21. The highest BCUT2D eigenvalue weighted by atomic mass is 16.7. The lowest BCUT2D eigenvalue weighted by molar-refractivity contribution is 0.0143. The standard InChI is InChI=1S/C27H22N2O6/c30-25-21-14-20(11-12-22(21)28-27(32)29(25)15-19-9-5-2-6-10-19)26(31)35-23(24-16-33-17-34-24)13-18-7-3-1-4-8-18/h1-12,14,16,23H,13,15,17H2,(H,28,32). The third kappa shape index (κ3) is 4.86. The van der Waals surface area contributed by atoms with Crippen molar-refractivity contribution in [3.05, 3.63) is 128 Å². The van der Waals surface area contributed by atoms with Crippen molar-refractivity contribution in [2.24, 2.45) is 0 Å². The summed E-state index contributed by atoms with van der Waals surface area (Å²) in [6.07, 6.45) is 1.13. The van der Waals surface area contributed by atoms with Crippen LogP contribution in [0.1, 0.15) is 21.5 Å². The van der Waals surface area contributed by atoms with Gasteiger partial charge in [-0.1, -0.05) is 60.7 Å². The number of aromatic nitrogens is 2. The van der Waals surface area contributed by atoms with Crippen LogP contribution in [0.25, 0.3) is 10.9 Å². The van der Waals surface area contributed by atoms with Gasteiger partial charge >= 0.3 is 11.7 Å². The summed E-state index contributed by atoms with van der Waals surface area (Å²) < 4.78 is 17.5. The summed E-state index contributed by atoms with van der Waals surface area (Å²) in [6.45, 7) is 0.173. The molecule has 0 amide bonds. The van der Waals surface area contributed by atoms with Crippen molar-refractivity contribution in [2.75, 3.05) is 6.79 Å². The minimum Gasteiger partial charge on any atom is -0.461 e. The molecule has 1 aliphatic rings. The van der Waals surface area contributed by atoms with E-state index in [0.717, 1.165) is 15.7 Å². The van der Waals surface area contributed by atoms with E-state index in [1.165, 1.54) is 24.5 Å². The number of aromatic amines is 1. The van der Waals surface area contributed by atoms with Crippen molar-refractivity contribution in [3.63, 3.8) is 0 Å².